The number of nitrogens with zero attached hydrogens (tertiary/aromatic N) is 2. The molecule has 0 saturated carbocycles. The van der Waals surface area contributed by atoms with Gasteiger partial charge in [-0.05, 0) is 37.1 Å². The zero-order chi connectivity index (χ0) is 12.3. The second kappa shape index (κ2) is 4.82. The zero-order valence-corrected chi connectivity index (χ0v) is 10.0. The molecule has 0 amide bonds. The molecular formula is C13H16N4. The van der Waals surface area contributed by atoms with Crippen molar-refractivity contribution >= 4 is 11.5 Å². The smallest absolute Gasteiger partial charge is 0.128 e. The van der Waals surface area contributed by atoms with E-state index < -0.39 is 0 Å². The molecule has 1 unspecified atom stereocenters. The van der Waals surface area contributed by atoms with Gasteiger partial charge >= 0.3 is 0 Å². The van der Waals surface area contributed by atoms with Crippen molar-refractivity contribution in [1.29, 1.82) is 0 Å². The average molecular weight is 228 g/mol. The van der Waals surface area contributed by atoms with E-state index in [1.54, 1.807) is 18.6 Å². The standard InChI is InChI=1S/C13H16N4/c1-9-8-16-13(7-12(9)14)17-10(2)11-3-5-15-6-4-11/h3-8,10H,1-2H3,(H3,14,16,17). The summed E-state index contributed by atoms with van der Waals surface area (Å²) in [6.45, 7) is 4.02. The number of rotatable bonds is 3. The highest BCUT2D eigenvalue weighted by atomic mass is 15.0. The third-order valence-electron chi connectivity index (χ3n) is 2.72. The summed E-state index contributed by atoms with van der Waals surface area (Å²) in [6.07, 6.45) is 5.34. The van der Waals surface area contributed by atoms with Crippen LogP contribution in [0, 0.1) is 6.92 Å². The molecule has 4 heteroatoms. The highest BCUT2D eigenvalue weighted by molar-refractivity contribution is 5.54. The lowest BCUT2D eigenvalue weighted by atomic mass is 10.1. The fourth-order valence-corrected chi connectivity index (χ4v) is 1.58. The normalized spacial score (nSPS) is 12.1. The number of nitrogens with two attached hydrogens (primary N) is 1. The minimum atomic E-state index is 0.174. The Bertz CT molecular complexity index is 496. The first kappa shape index (κ1) is 11.4. The molecule has 2 heterocycles. The predicted octanol–water partition coefficient (Wildman–Crippen LogP) is 2.54. The summed E-state index contributed by atoms with van der Waals surface area (Å²) in [7, 11) is 0. The van der Waals surface area contributed by atoms with Gasteiger partial charge in [-0.25, -0.2) is 4.98 Å². The molecule has 2 aromatic heterocycles. The van der Waals surface area contributed by atoms with Gasteiger partial charge in [-0.15, -0.1) is 0 Å². The number of nitrogens with one attached hydrogen (secondary N) is 1. The summed E-state index contributed by atoms with van der Waals surface area (Å²) in [5, 5.41) is 3.31. The van der Waals surface area contributed by atoms with E-state index in [1.165, 1.54) is 5.56 Å². The van der Waals surface area contributed by atoms with Crippen molar-refractivity contribution in [3.05, 3.63) is 47.9 Å². The highest BCUT2D eigenvalue weighted by Crippen LogP contribution is 2.19. The van der Waals surface area contributed by atoms with Crippen molar-refractivity contribution in [2.75, 3.05) is 11.1 Å². The number of aryl methyl sites for hydroxylation is 1. The molecular weight excluding hydrogens is 212 g/mol. The molecule has 17 heavy (non-hydrogen) atoms. The molecule has 1 atom stereocenters. The Labute approximate surface area is 101 Å². The average Bonchev–Trinajstić information content (AvgIpc) is 2.35. The molecule has 0 saturated heterocycles. The van der Waals surface area contributed by atoms with Gasteiger partial charge in [0.2, 0.25) is 0 Å². The van der Waals surface area contributed by atoms with Gasteiger partial charge in [0.15, 0.2) is 0 Å². The van der Waals surface area contributed by atoms with E-state index in [0.717, 1.165) is 17.1 Å². The molecule has 0 aromatic carbocycles. The Morgan fingerprint density at radius 1 is 1.29 bits per heavy atom. The van der Waals surface area contributed by atoms with E-state index in [1.807, 2.05) is 25.1 Å². The number of hydrogen-bond donors (Lipinski definition) is 2. The molecule has 0 aliphatic heterocycles. The first-order valence-electron chi connectivity index (χ1n) is 5.55. The van der Waals surface area contributed by atoms with Crippen LogP contribution in [0.25, 0.3) is 0 Å². The van der Waals surface area contributed by atoms with Crippen LogP contribution >= 0.6 is 0 Å². The first-order valence-corrected chi connectivity index (χ1v) is 5.55. The van der Waals surface area contributed by atoms with Crippen molar-refractivity contribution in [3.63, 3.8) is 0 Å². The molecule has 0 aliphatic carbocycles. The molecule has 4 nitrogen and oxygen atoms in total. The summed E-state index contributed by atoms with van der Waals surface area (Å²) < 4.78 is 0. The maximum atomic E-state index is 5.85. The predicted molar refractivity (Wildman–Crippen MR) is 69.7 cm³/mol. The van der Waals surface area contributed by atoms with Gasteiger partial charge in [-0.2, -0.15) is 0 Å². The molecule has 88 valence electrons. The van der Waals surface area contributed by atoms with Crippen LogP contribution in [-0.2, 0) is 0 Å². The maximum Gasteiger partial charge on any atom is 0.128 e. The number of anilines is 2. The molecule has 2 aromatic rings. The van der Waals surface area contributed by atoms with E-state index >= 15 is 0 Å². The Balaban J connectivity index is 2.13. The van der Waals surface area contributed by atoms with Crippen LogP contribution in [0.3, 0.4) is 0 Å². The number of nitrogen functional groups attached to an aromatic ring is 1. The van der Waals surface area contributed by atoms with Crippen molar-refractivity contribution in [1.82, 2.24) is 9.97 Å². The van der Waals surface area contributed by atoms with Crippen molar-refractivity contribution in [2.24, 2.45) is 0 Å². The van der Waals surface area contributed by atoms with Crippen LogP contribution in [0.2, 0.25) is 0 Å². The van der Waals surface area contributed by atoms with Gasteiger partial charge in [-0.1, -0.05) is 0 Å². The second-order valence-electron chi connectivity index (χ2n) is 4.07. The van der Waals surface area contributed by atoms with Crippen LogP contribution in [-0.4, -0.2) is 9.97 Å². The maximum absolute atomic E-state index is 5.85. The van der Waals surface area contributed by atoms with Crippen LogP contribution in [0.1, 0.15) is 24.1 Å². The van der Waals surface area contributed by atoms with E-state index in [9.17, 15) is 0 Å². The SMILES string of the molecule is Cc1cnc(NC(C)c2ccncc2)cc1N. The van der Waals surface area contributed by atoms with Gasteiger partial charge in [0, 0.05) is 30.3 Å². The fourth-order valence-electron chi connectivity index (χ4n) is 1.58. The highest BCUT2D eigenvalue weighted by Gasteiger charge is 2.06. The number of hydrogen-bond acceptors (Lipinski definition) is 4. The summed E-state index contributed by atoms with van der Waals surface area (Å²) in [6, 6.07) is 5.99. The van der Waals surface area contributed by atoms with E-state index in [0.29, 0.717) is 0 Å². The Kier molecular flexibility index (Phi) is 3.23. The minimum Gasteiger partial charge on any atom is -0.398 e. The van der Waals surface area contributed by atoms with Gasteiger partial charge in [-0.3, -0.25) is 4.98 Å². The lowest BCUT2D eigenvalue weighted by Crippen LogP contribution is -2.08. The molecule has 0 radical (unpaired) electrons. The molecule has 0 bridgehead atoms. The molecule has 2 rings (SSSR count). The zero-order valence-electron chi connectivity index (χ0n) is 10.0. The van der Waals surface area contributed by atoms with Crippen molar-refractivity contribution in [3.8, 4) is 0 Å². The van der Waals surface area contributed by atoms with Gasteiger partial charge < -0.3 is 11.1 Å². The minimum absolute atomic E-state index is 0.174. The second-order valence-corrected chi connectivity index (χ2v) is 4.07. The summed E-state index contributed by atoms with van der Waals surface area (Å²) in [5.74, 6) is 0.789. The molecule has 0 aliphatic rings. The topological polar surface area (TPSA) is 63.8 Å². The Hall–Kier alpha value is -2.10. The van der Waals surface area contributed by atoms with Crippen LogP contribution in [0.4, 0.5) is 11.5 Å². The van der Waals surface area contributed by atoms with Crippen molar-refractivity contribution < 1.29 is 0 Å². The molecule has 0 spiro atoms. The monoisotopic (exact) mass is 228 g/mol. The van der Waals surface area contributed by atoms with Gasteiger partial charge in [0.25, 0.3) is 0 Å². The lowest BCUT2D eigenvalue weighted by molar-refractivity contribution is 0.871. The number of aromatic nitrogens is 2. The Morgan fingerprint density at radius 3 is 2.65 bits per heavy atom. The summed E-state index contributed by atoms with van der Waals surface area (Å²) >= 11 is 0. The Morgan fingerprint density at radius 2 is 2.00 bits per heavy atom. The van der Waals surface area contributed by atoms with Gasteiger partial charge in [0.1, 0.15) is 5.82 Å². The summed E-state index contributed by atoms with van der Waals surface area (Å²) in [5.41, 5.74) is 8.76. The largest absolute Gasteiger partial charge is 0.398 e. The molecule has 3 N–H and O–H groups in total. The van der Waals surface area contributed by atoms with Crippen LogP contribution in [0.15, 0.2) is 36.8 Å². The lowest BCUT2D eigenvalue weighted by Gasteiger charge is -2.15. The van der Waals surface area contributed by atoms with E-state index in [2.05, 4.69) is 22.2 Å². The number of pyridine rings is 2. The quantitative estimate of drug-likeness (QED) is 0.847. The van der Waals surface area contributed by atoms with Crippen LogP contribution < -0.4 is 11.1 Å². The third-order valence-corrected chi connectivity index (χ3v) is 2.72. The summed E-state index contributed by atoms with van der Waals surface area (Å²) in [4.78, 5) is 8.29. The van der Waals surface area contributed by atoms with E-state index in [-0.39, 0.29) is 6.04 Å². The van der Waals surface area contributed by atoms with Crippen LogP contribution in [0.5, 0.6) is 0 Å². The van der Waals surface area contributed by atoms with Crippen molar-refractivity contribution in [2.45, 2.75) is 19.9 Å². The molecule has 0 fully saturated rings. The third kappa shape index (κ3) is 2.72. The fraction of sp³-hybridized carbons (Fsp3) is 0.231. The van der Waals surface area contributed by atoms with Gasteiger partial charge in [0.05, 0.1) is 6.04 Å². The van der Waals surface area contributed by atoms with E-state index in [4.69, 9.17) is 5.73 Å². The first-order chi connectivity index (χ1) is 8.16.